The second-order valence-electron chi connectivity index (χ2n) is 6.05. The first kappa shape index (κ1) is 15.8. The molecular formula is C16H15F3N6. The average Bonchev–Trinajstić information content (AvgIpc) is 2.93. The van der Waals surface area contributed by atoms with Gasteiger partial charge in [-0.05, 0) is 25.5 Å². The predicted octanol–water partition coefficient (Wildman–Crippen LogP) is 2.98. The van der Waals surface area contributed by atoms with E-state index >= 15 is 0 Å². The molecule has 1 aliphatic heterocycles. The molecule has 0 radical (unpaired) electrons. The lowest BCUT2D eigenvalue weighted by molar-refractivity contribution is -0.144. The van der Waals surface area contributed by atoms with Gasteiger partial charge in [-0.1, -0.05) is 12.1 Å². The molecule has 9 heteroatoms. The first-order valence-corrected chi connectivity index (χ1v) is 7.91. The highest BCUT2D eigenvalue weighted by molar-refractivity contribution is 5.89. The summed E-state index contributed by atoms with van der Waals surface area (Å²) in [4.78, 5) is 11.7. The van der Waals surface area contributed by atoms with Crippen LogP contribution in [0.15, 0.2) is 24.3 Å². The van der Waals surface area contributed by atoms with Crippen LogP contribution in [0.5, 0.6) is 0 Å². The van der Waals surface area contributed by atoms with Crippen LogP contribution in [0.1, 0.15) is 23.9 Å². The van der Waals surface area contributed by atoms with Crippen LogP contribution in [-0.2, 0) is 19.1 Å². The molecule has 0 saturated heterocycles. The zero-order valence-corrected chi connectivity index (χ0v) is 13.4. The van der Waals surface area contributed by atoms with E-state index in [0.29, 0.717) is 24.2 Å². The van der Waals surface area contributed by atoms with Crippen LogP contribution in [-0.4, -0.2) is 30.8 Å². The summed E-state index contributed by atoms with van der Waals surface area (Å²) in [7, 11) is 0. The zero-order chi connectivity index (χ0) is 17.6. The maximum absolute atomic E-state index is 13.1. The Morgan fingerprint density at radius 3 is 2.76 bits per heavy atom. The van der Waals surface area contributed by atoms with Crippen molar-refractivity contribution in [1.29, 1.82) is 0 Å². The van der Waals surface area contributed by atoms with Crippen molar-refractivity contribution in [2.24, 2.45) is 0 Å². The molecule has 0 fully saturated rings. The van der Waals surface area contributed by atoms with Crippen molar-refractivity contribution in [3.8, 4) is 0 Å². The minimum Gasteiger partial charge on any atom is -0.365 e. The number of hydrogen-bond donors (Lipinski definition) is 1. The Labute approximate surface area is 141 Å². The Bertz CT molecular complexity index is 933. The smallest absolute Gasteiger partial charge is 0.365 e. The van der Waals surface area contributed by atoms with Gasteiger partial charge in [0.25, 0.3) is 0 Å². The fourth-order valence-electron chi connectivity index (χ4n) is 3.06. The van der Waals surface area contributed by atoms with E-state index in [4.69, 9.17) is 0 Å². The van der Waals surface area contributed by atoms with Crippen molar-refractivity contribution < 1.29 is 13.2 Å². The highest BCUT2D eigenvalue weighted by atomic mass is 19.4. The molecule has 1 aliphatic rings. The zero-order valence-electron chi connectivity index (χ0n) is 13.4. The summed E-state index contributed by atoms with van der Waals surface area (Å²) < 4.78 is 41.1. The van der Waals surface area contributed by atoms with Gasteiger partial charge in [0.05, 0.1) is 12.1 Å². The Morgan fingerprint density at radius 1 is 1.16 bits per heavy atom. The highest BCUT2D eigenvalue weighted by Gasteiger charge is 2.36. The van der Waals surface area contributed by atoms with Crippen LogP contribution < -0.4 is 5.32 Å². The van der Waals surface area contributed by atoms with Gasteiger partial charge < -0.3 is 5.32 Å². The first-order valence-electron chi connectivity index (χ1n) is 7.91. The van der Waals surface area contributed by atoms with Crippen molar-refractivity contribution >= 4 is 16.7 Å². The number of nitrogens with one attached hydrogen (secondary N) is 1. The SMILES string of the molecule is Cc1nc2n(n1)C[C@@H](Nc1nc(C(F)(F)F)nc3ccccc13)CC2. The highest BCUT2D eigenvalue weighted by Crippen LogP contribution is 2.31. The van der Waals surface area contributed by atoms with Crippen molar-refractivity contribution in [2.45, 2.75) is 38.5 Å². The molecule has 6 nitrogen and oxygen atoms in total. The molecule has 0 saturated carbocycles. The first-order chi connectivity index (χ1) is 11.9. The Morgan fingerprint density at radius 2 is 1.96 bits per heavy atom. The second kappa shape index (κ2) is 5.68. The fraction of sp³-hybridized carbons (Fsp3) is 0.375. The minimum atomic E-state index is -4.59. The molecule has 130 valence electrons. The number of para-hydroxylation sites is 1. The van der Waals surface area contributed by atoms with Crippen LogP contribution in [0.2, 0.25) is 0 Å². The molecule has 2 aromatic heterocycles. The van der Waals surface area contributed by atoms with Gasteiger partial charge in [-0.15, -0.1) is 0 Å². The van der Waals surface area contributed by atoms with Crippen molar-refractivity contribution in [1.82, 2.24) is 24.7 Å². The van der Waals surface area contributed by atoms with Gasteiger partial charge >= 0.3 is 6.18 Å². The standard InChI is InChI=1S/C16H15F3N6/c1-9-20-13-7-6-10(8-25(13)24-9)21-14-11-4-2-3-5-12(11)22-15(23-14)16(17,18)19/h2-5,10H,6-8H2,1H3,(H,21,22,23)/t10-/m0/s1. The Kier molecular flexibility index (Phi) is 3.59. The van der Waals surface area contributed by atoms with E-state index in [-0.39, 0.29) is 17.4 Å². The molecule has 0 bridgehead atoms. The molecule has 1 atom stereocenters. The normalized spacial score (nSPS) is 17.5. The molecule has 0 amide bonds. The number of nitrogens with zero attached hydrogens (tertiary/aromatic N) is 5. The molecule has 0 unspecified atom stereocenters. The predicted molar refractivity (Wildman–Crippen MR) is 85.0 cm³/mol. The third-order valence-electron chi connectivity index (χ3n) is 4.16. The molecule has 1 N–H and O–H groups in total. The summed E-state index contributed by atoms with van der Waals surface area (Å²) in [6, 6.07) is 6.60. The average molecular weight is 348 g/mol. The largest absolute Gasteiger partial charge is 0.451 e. The van der Waals surface area contributed by atoms with Crippen molar-refractivity contribution in [3.05, 3.63) is 41.7 Å². The summed E-state index contributed by atoms with van der Waals surface area (Å²) in [6.45, 7) is 2.36. The summed E-state index contributed by atoms with van der Waals surface area (Å²) in [5.41, 5.74) is 0.264. The maximum atomic E-state index is 13.1. The van der Waals surface area contributed by atoms with Gasteiger partial charge in [-0.2, -0.15) is 18.3 Å². The second-order valence-corrected chi connectivity index (χ2v) is 6.05. The lowest BCUT2D eigenvalue weighted by Crippen LogP contribution is -2.32. The van der Waals surface area contributed by atoms with E-state index in [1.807, 2.05) is 6.92 Å². The lowest BCUT2D eigenvalue weighted by Gasteiger charge is -2.24. The van der Waals surface area contributed by atoms with Gasteiger partial charge in [0.1, 0.15) is 17.5 Å². The van der Waals surface area contributed by atoms with Crippen LogP contribution in [0.3, 0.4) is 0 Å². The van der Waals surface area contributed by atoms with Crippen LogP contribution in [0, 0.1) is 6.92 Å². The van der Waals surface area contributed by atoms with E-state index in [2.05, 4.69) is 25.4 Å². The van der Waals surface area contributed by atoms with Crippen LogP contribution in [0.4, 0.5) is 19.0 Å². The van der Waals surface area contributed by atoms with E-state index in [1.54, 1.807) is 28.9 Å². The van der Waals surface area contributed by atoms with E-state index in [9.17, 15) is 13.2 Å². The monoisotopic (exact) mass is 348 g/mol. The topological polar surface area (TPSA) is 68.5 Å². The van der Waals surface area contributed by atoms with Crippen molar-refractivity contribution in [3.63, 3.8) is 0 Å². The number of rotatable bonds is 2. The maximum Gasteiger partial charge on any atom is 0.451 e. The molecule has 4 rings (SSSR count). The van der Waals surface area contributed by atoms with Crippen molar-refractivity contribution in [2.75, 3.05) is 5.32 Å². The minimum absolute atomic E-state index is 0.0759. The number of aryl methyl sites for hydroxylation is 2. The molecule has 0 spiro atoms. The Hall–Kier alpha value is -2.71. The lowest BCUT2D eigenvalue weighted by atomic mass is 10.1. The van der Waals surface area contributed by atoms with Crippen LogP contribution in [0.25, 0.3) is 10.9 Å². The number of halogens is 3. The van der Waals surface area contributed by atoms with Gasteiger partial charge in [0.2, 0.25) is 5.82 Å². The summed E-state index contributed by atoms with van der Waals surface area (Å²) in [5, 5.41) is 8.03. The van der Waals surface area contributed by atoms with Gasteiger partial charge in [0, 0.05) is 17.8 Å². The summed E-state index contributed by atoms with van der Waals surface area (Å²) in [5.74, 6) is 0.659. The summed E-state index contributed by atoms with van der Waals surface area (Å²) >= 11 is 0. The van der Waals surface area contributed by atoms with Gasteiger partial charge in [-0.25, -0.2) is 19.6 Å². The van der Waals surface area contributed by atoms with Gasteiger partial charge in [-0.3, -0.25) is 0 Å². The quantitative estimate of drug-likeness (QED) is 0.771. The third-order valence-corrected chi connectivity index (χ3v) is 4.16. The number of benzene rings is 1. The molecule has 0 aliphatic carbocycles. The van der Waals surface area contributed by atoms with E-state index < -0.39 is 12.0 Å². The number of fused-ring (bicyclic) bond motifs is 2. The van der Waals surface area contributed by atoms with E-state index in [0.717, 1.165) is 12.2 Å². The molecule has 1 aromatic carbocycles. The number of anilines is 1. The fourth-order valence-corrected chi connectivity index (χ4v) is 3.06. The number of aromatic nitrogens is 5. The molecular weight excluding hydrogens is 333 g/mol. The van der Waals surface area contributed by atoms with Crippen LogP contribution >= 0.6 is 0 Å². The molecule has 25 heavy (non-hydrogen) atoms. The van der Waals surface area contributed by atoms with E-state index in [1.165, 1.54) is 0 Å². The van der Waals surface area contributed by atoms with Gasteiger partial charge in [0.15, 0.2) is 0 Å². The summed E-state index contributed by atoms with van der Waals surface area (Å²) in [6.07, 6.45) is -3.13. The Balaban J connectivity index is 1.69. The number of hydrogen-bond acceptors (Lipinski definition) is 5. The number of alkyl halides is 3. The molecule has 3 heterocycles. The third kappa shape index (κ3) is 3.01. The molecule has 3 aromatic rings.